The minimum atomic E-state index is -2.86. The van der Waals surface area contributed by atoms with Gasteiger partial charge in [0.1, 0.15) is 17.4 Å². The van der Waals surface area contributed by atoms with Crippen LogP contribution in [0.5, 0.6) is 0 Å². The van der Waals surface area contributed by atoms with Crippen LogP contribution in [0.15, 0.2) is 6.20 Å². The third-order valence-electron chi connectivity index (χ3n) is 2.76. The van der Waals surface area contributed by atoms with Crippen molar-refractivity contribution in [1.82, 2.24) is 9.97 Å². The summed E-state index contributed by atoms with van der Waals surface area (Å²) in [5, 5.41) is 0. The zero-order valence-corrected chi connectivity index (χ0v) is 10.4. The number of hydrogen-bond donors (Lipinski definition) is 0. The molecule has 2 heterocycles. The van der Waals surface area contributed by atoms with Crippen molar-refractivity contribution in [2.75, 3.05) is 13.2 Å². The molecule has 1 aliphatic rings. The lowest BCUT2D eigenvalue weighted by molar-refractivity contribution is 0.0510. The van der Waals surface area contributed by atoms with Gasteiger partial charge in [-0.3, -0.25) is 0 Å². The van der Waals surface area contributed by atoms with E-state index in [-0.39, 0.29) is 24.1 Å². The summed E-state index contributed by atoms with van der Waals surface area (Å²) in [4.78, 5) is 19.2. The Balaban J connectivity index is 2.31. The molecule has 1 aliphatic heterocycles. The van der Waals surface area contributed by atoms with Crippen LogP contribution in [-0.2, 0) is 9.47 Å². The molecule has 1 atom stereocenters. The van der Waals surface area contributed by atoms with E-state index in [0.29, 0.717) is 13.0 Å². The molecule has 104 valence electrons. The lowest BCUT2D eigenvalue weighted by Gasteiger charge is -2.12. The van der Waals surface area contributed by atoms with E-state index >= 15 is 0 Å². The third kappa shape index (κ3) is 3.04. The summed E-state index contributed by atoms with van der Waals surface area (Å²) >= 11 is 0. The predicted octanol–water partition coefficient (Wildman–Crippen LogP) is 2.44. The molecule has 0 aromatic carbocycles. The van der Waals surface area contributed by atoms with Gasteiger partial charge < -0.3 is 9.47 Å². The molecule has 1 aromatic heterocycles. The lowest BCUT2D eigenvalue weighted by atomic mass is 10.2. The Morgan fingerprint density at radius 2 is 2.42 bits per heavy atom. The Hall–Kier alpha value is -1.63. The van der Waals surface area contributed by atoms with E-state index in [2.05, 4.69) is 9.97 Å². The summed E-state index contributed by atoms with van der Waals surface area (Å²) in [5.41, 5.74) is -0.891. The average molecular weight is 272 g/mol. The third-order valence-corrected chi connectivity index (χ3v) is 2.76. The van der Waals surface area contributed by atoms with Crippen molar-refractivity contribution in [3.63, 3.8) is 0 Å². The molecule has 19 heavy (non-hydrogen) atoms. The van der Waals surface area contributed by atoms with Gasteiger partial charge in [-0.2, -0.15) is 0 Å². The summed E-state index contributed by atoms with van der Waals surface area (Å²) in [6.45, 7) is 2.27. The second-order valence-electron chi connectivity index (χ2n) is 4.05. The summed E-state index contributed by atoms with van der Waals surface area (Å²) in [5.74, 6) is -0.641. The van der Waals surface area contributed by atoms with Crippen molar-refractivity contribution in [3.05, 3.63) is 23.3 Å². The summed E-state index contributed by atoms with van der Waals surface area (Å²) in [6, 6.07) is 0. The van der Waals surface area contributed by atoms with Gasteiger partial charge in [0.25, 0.3) is 6.43 Å². The second kappa shape index (κ2) is 6.01. The van der Waals surface area contributed by atoms with Crippen LogP contribution in [0.4, 0.5) is 8.78 Å². The minimum absolute atomic E-state index is 0.106. The number of carbonyl (C=O) groups is 1. The number of alkyl halides is 2. The molecule has 5 nitrogen and oxygen atoms in total. The number of nitrogens with zero attached hydrogens (tertiary/aromatic N) is 2. The van der Waals surface area contributed by atoms with Gasteiger partial charge in [-0.25, -0.2) is 23.5 Å². The van der Waals surface area contributed by atoms with Crippen LogP contribution >= 0.6 is 0 Å². The molecule has 0 aliphatic carbocycles. The molecule has 1 saturated heterocycles. The standard InChI is InChI=1S/C12H14F2N2O3/c1-2-18-12(17)7-6-15-11(8-4-3-5-19-8)16-9(7)10(13)14/h6,8,10H,2-5H2,1H3. The Kier molecular flexibility index (Phi) is 4.36. The number of rotatable bonds is 4. The van der Waals surface area contributed by atoms with E-state index in [9.17, 15) is 13.6 Å². The van der Waals surface area contributed by atoms with Crippen molar-refractivity contribution in [3.8, 4) is 0 Å². The van der Waals surface area contributed by atoms with Crippen LogP contribution in [-0.4, -0.2) is 29.2 Å². The number of halogens is 2. The van der Waals surface area contributed by atoms with Crippen molar-refractivity contribution >= 4 is 5.97 Å². The number of hydrogen-bond acceptors (Lipinski definition) is 5. The van der Waals surface area contributed by atoms with Gasteiger partial charge in [-0.15, -0.1) is 0 Å². The van der Waals surface area contributed by atoms with Gasteiger partial charge in [0.2, 0.25) is 0 Å². The molecule has 0 amide bonds. The van der Waals surface area contributed by atoms with Crippen molar-refractivity contribution in [1.29, 1.82) is 0 Å². The van der Waals surface area contributed by atoms with Crippen molar-refractivity contribution < 1.29 is 23.0 Å². The van der Waals surface area contributed by atoms with Gasteiger partial charge in [0, 0.05) is 12.8 Å². The fourth-order valence-corrected chi connectivity index (χ4v) is 1.88. The highest BCUT2D eigenvalue weighted by molar-refractivity contribution is 5.90. The van der Waals surface area contributed by atoms with Crippen LogP contribution < -0.4 is 0 Å². The number of ether oxygens (including phenoxy) is 2. The zero-order valence-electron chi connectivity index (χ0n) is 10.4. The fourth-order valence-electron chi connectivity index (χ4n) is 1.88. The summed E-state index contributed by atoms with van der Waals surface area (Å²) in [6.07, 6.45) is -0.598. The summed E-state index contributed by atoms with van der Waals surface area (Å²) < 4.78 is 35.9. The van der Waals surface area contributed by atoms with Crippen LogP contribution in [0.3, 0.4) is 0 Å². The highest BCUT2D eigenvalue weighted by Crippen LogP contribution is 2.28. The number of aromatic nitrogens is 2. The first-order valence-electron chi connectivity index (χ1n) is 6.07. The fraction of sp³-hybridized carbons (Fsp3) is 0.583. The monoisotopic (exact) mass is 272 g/mol. The van der Waals surface area contributed by atoms with E-state index in [0.717, 1.165) is 12.6 Å². The highest BCUT2D eigenvalue weighted by atomic mass is 19.3. The van der Waals surface area contributed by atoms with Gasteiger partial charge in [0.15, 0.2) is 5.82 Å². The maximum Gasteiger partial charge on any atom is 0.341 e. The SMILES string of the molecule is CCOC(=O)c1cnc(C2CCCO2)nc1C(F)F. The van der Waals surface area contributed by atoms with Gasteiger partial charge in [-0.05, 0) is 19.8 Å². The number of esters is 1. The molecule has 1 unspecified atom stereocenters. The van der Waals surface area contributed by atoms with Crippen LogP contribution in [0, 0.1) is 0 Å². The zero-order chi connectivity index (χ0) is 13.8. The van der Waals surface area contributed by atoms with Crippen molar-refractivity contribution in [2.45, 2.75) is 32.3 Å². The Bertz CT molecular complexity index is 462. The topological polar surface area (TPSA) is 61.3 Å². The Labute approximate surface area is 109 Å². The lowest BCUT2D eigenvalue weighted by Crippen LogP contribution is -2.14. The maximum absolute atomic E-state index is 13.0. The van der Waals surface area contributed by atoms with E-state index in [1.807, 2.05) is 0 Å². The van der Waals surface area contributed by atoms with E-state index < -0.39 is 18.1 Å². The molecular formula is C12H14F2N2O3. The quantitative estimate of drug-likeness (QED) is 0.788. The maximum atomic E-state index is 13.0. The molecule has 0 saturated carbocycles. The number of carbonyl (C=O) groups excluding carboxylic acids is 1. The molecule has 0 bridgehead atoms. The molecule has 0 N–H and O–H groups in total. The van der Waals surface area contributed by atoms with E-state index in [1.54, 1.807) is 6.92 Å². The van der Waals surface area contributed by atoms with E-state index in [4.69, 9.17) is 9.47 Å². The Morgan fingerprint density at radius 1 is 1.63 bits per heavy atom. The van der Waals surface area contributed by atoms with E-state index in [1.165, 1.54) is 0 Å². The van der Waals surface area contributed by atoms with Crippen molar-refractivity contribution in [2.24, 2.45) is 0 Å². The molecule has 0 radical (unpaired) electrons. The Morgan fingerprint density at radius 3 is 3.00 bits per heavy atom. The average Bonchev–Trinajstić information content (AvgIpc) is 2.92. The molecule has 1 aromatic rings. The largest absolute Gasteiger partial charge is 0.462 e. The predicted molar refractivity (Wildman–Crippen MR) is 60.9 cm³/mol. The first kappa shape index (κ1) is 13.8. The minimum Gasteiger partial charge on any atom is -0.462 e. The highest BCUT2D eigenvalue weighted by Gasteiger charge is 2.26. The second-order valence-corrected chi connectivity index (χ2v) is 4.05. The molecule has 0 spiro atoms. The molecular weight excluding hydrogens is 258 g/mol. The van der Waals surface area contributed by atoms with Gasteiger partial charge in [0.05, 0.1) is 6.61 Å². The smallest absolute Gasteiger partial charge is 0.341 e. The summed E-state index contributed by atoms with van der Waals surface area (Å²) in [7, 11) is 0. The first-order valence-corrected chi connectivity index (χ1v) is 6.07. The molecule has 1 fully saturated rings. The van der Waals surface area contributed by atoms with Gasteiger partial charge in [-0.1, -0.05) is 0 Å². The normalized spacial score (nSPS) is 18.8. The molecule has 2 rings (SSSR count). The van der Waals surface area contributed by atoms with Gasteiger partial charge >= 0.3 is 5.97 Å². The van der Waals surface area contributed by atoms with Crippen LogP contribution in [0.25, 0.3) is 0 Å². The first-order chi connectivity index (χ1) is 9.13. The van der Waals surface area contributed by atoms with Crippen LogP contribution in [0.1, 0.15) is 54.2 Å². The molecule has 7 heteroatoms. The van der Waals surface area contributed by atoms with Crippen LogP contribution in [0.2, 0.25) is 0 Å².